The van der Waals surface area contributed by atoms with Gasteiger partial charge >= 0.3 is 0 Å². The molecule has 0 spiro atoms. The lowest BCUT2D eigenvalue weighted by Crippen LogP contribution is -2.39. The number of hydrogen-bond donors (Lipinski definition) is 3. The summed E-state index contributed by atoms with van der Waals surface area (Å²) >= 11 is 5.98. The Kier molecular flexibility index (Phi) is 7.39. The summed E-state index contributed by atoms with van der Waals surface area (Å²) < 4.78 is 0. The molecule has 2 amide bonds. The average molecular weight is 388 g/mol. The normalized spacial score (nSPS) is 11.7. The Morgan fingerprint density at radius 3 is 2.30 bits per heavy atom. The lowest BCUT2D eigenvalue weighted by Gasteiger charge is -2.15. The Balaban J connectivity index is 1.79. The number of carbonyl (C=O) groups excluding carboxylic acids is 2. The van der Waals surface area contributed by atoms with Crippen molar-refractivity contribution in [3.63, 3.8) is 0 Å². The smallest absolute Gasteiger partial charge is 0.243 e. The zero-order chi connectivity index (χ0) is 20.0. The van der Waals surface area contributed by atoms with E-state index in [1.165, 1.54) is 0 Å². The van der Waals surface area contributed by atoms with E-state index in [1.807, 2.05) is 58.0 Å². The number of amides is 2. The molecule has 2 aromatic carbocycles. The van der Waals surface area contributed by atoms with Crippen molar-refractivity contribution in [1.29, 1.82) is 0 Å². The topological polar surface area (TPSA) is 70.2 Å². The molecule has 0 fully saturated rings. The highest BCUT2D eigenvalue weighted by molar-refractivity contribution is 6.30. The van der Waals surface area contributed by atoms with E-state index in [-0.39, 0.29) is 30.9 Å². The molecular formula is C21H26ClN3O2. The van der Waals surface area contributed by atoms with E-state index in [2.05, 4.69) is 16.0 Å². The Labute approximate surface area is 165 Å². The summed E-state index contributed by atoms with van der Waals surface area (Å²) in [4.78, 5) is 24.1. The number of nitrogens with one attached hydrogen (secondary N) is 3. The number of halogens is 1. The number of benzene rings is 2. The monoisotopic (exact) mass is 387 g/mol. The first-order valence-electron chi connectivity index (χ1n) is 8.89. The second-order valence-electron chi connectivity index (χ2n) is 6.76. The van der Waals surface area contributed by atoms with Crippen molar-refractivity contribution in [2.45, 2.75) is 33.7 Å². The standard InChI is InChI=1S/C21H26ClN3O2/c1-13-8-14(2)21(15(3)9-13)25-20(27)12-24-19(26)11-23-16(4)17-6-5-7-18(22)10-17/h5-10,16,23H,11-12H2,1-4H3,(H,24,26)(H,25,27)/t16-/m1/s1. The van der Waals surface area contributed by atoms with E-state index in [0.29, 0.717) is 5.02 Å². The first-order chi connectivity index (χ1) is 12.8. The van der Waals surface area contributed by atoms with Crippen LogP contribution in [0.4, 0.5) is 5.69 Å². The third kappa shape index (κ3) is 6.38. The summed E-state index contributed by atoms with van der Waals surface area (Å²) in [6, 6.07) is 11.5. The summed E-state index contributed by atoms with van der Waals surface area (Å²) in [5, 5.41) is 9.28. The van der Waals surface area contributed by atoms with Gasteiger partial charge in [-0.3, -0.25) is 9.59 Å². The van der Waals surface area contributed by atoms with E-state index in [4.69, 9.17) is 11.6 Å². The fourth-order valence-electron chi connectivity index (χ4n) is 2.94. The van der Waals surface area contributed by atoms with Crippen LogP contribution in [-0.2, 0) is 9.59 Å². The molecule has 0 saturated heterocycles. The minimum absolute atomic E-state index is 0.0267. The molecule has 2 rings (SSSR count). The molecule has 0 aromatic heterocycles. The van der Waals surface area contributed by atoms with Crippen LogP contribution in [0.15, 0.2) is 36.4 Å². The summed E-state index contributed by atoms with van der Waals surface area (Å²) in [5.41, 5.74) is 4.95. The van der Waals surface area contributed by atoms with Crippen LogP contribution in [0, 0.1) is 20.8 Å². The summed E-state index contributed by atoms with van der Waals surface area (Å²) in [6.45, 7) is 7.92. The van der Waals surface area contributed by atoms with Gasteiger partial charge in [-0.2, -0.15) is 0 Å². The second kappa shape index (κ2) is 9.53. The van der Waals surface area contributed by atoms with Gasteiger partial charge in [0, 0.05) is 16.8 Å². The van der Waals surface area contributed by atoms with E-state index in [9.17, 15) is 9.59 Å². The molecule has 3 N–H and O–H groups in total. The molecule has 0 aliphatic heterocycles. The molecule has 0 aliphatic rings. The third-order valence-corrected chi connectivity index (χ3v) is 4.54. The van der Waals surface area contributed by atoms with E-state index in [0.717, 1.165) is 27.9 Å². The number of aryl methyl sites for hydroxylation is 3. The molecule has 0 heterocycles. The van der Waals surface area contributed by atoms with Gasteiger partial charge in [-0.15, -0.1) is 0 Å². The van der Waals surface area contributed by atoms with Crippen molar-refractivity contribution in [1.82, 2.24) is 10.6 Å². The van der Waals surface area contributed by atoms with E-state index >= 15 is 0 Å². The molecule has 2 aromatic rings. The van der Waals surface area contributed by atoms with Crippen LogP contribution in [-0.4, -0.2) is 24.9 Å². The number of anilines is 1. The summed E-state index contributed by atoms with van der Waals surface area (Å²) in [6.07, 6.45) is 0. The van der Waals surface area contributed by atoms with E-state index in [1.54, 1.807) is 6.07 Å². The average Bonchev–Trinajstić information content (AvgIpc) is 2.60. The predicted molar refractivity (Wildman–Crippen MR) is 110 cm³/mol. The van der Waals surface area contributed by atoms with Gasteiger partial charge in [-0.1, -0.05) is 41.4 Å². The maximum absolute atomic E-state index is 12.1. The van der Waals surface area contributed by atoms with Gasteiger partial charge in [0.1, 0.15) is 0 Å². The molecular weight excluding hydrogens is 362 g/mol. The largest absolute Gasteiger partial charge is 0.346 e. The molecule has 0 radical (unpaired) electrons. The fraction of sp³-hybridized carbons (Fsp3) is 0.333. The summed E-state index contributed by atoms with van der Waals surface area (Å²) in [7, 11) is 0. The van der Waals surface area contributed by atoms with Crippen LogP contribution in [0.1, 0.15) is 35.2 Å². The number of rotatable bonds is 7. The van der Waals surface area contributed by atoms with Gasteiger partial charge in [0.15, 0.2) is 0 Å². The van der Waals surface area contributed by atoms with Crippen molar-refractivity contribution >= 4 is 29.1 Å². The van der Waals surface area contributed by atoms with Gasteiger partial charge in [-0.05, 0) is 56.5 Å². The Morgan fingerprint density at radius 2 is 1.67 bits per heavy atom. The zero-order valence-corrected chi connectivity index (χ0v) is 16.9. The SMILES string of the molecule is Cc1cc(C)c(NC(=O)CNC(=O)CN[C@H](C)c2cccc(Cl)c2)c(C)c1. The minimum atomic E-state index is -0.249. The number of carbonyl (C=O) groups is 2. The first-order valence-corrected chi connectivity index (χ1v) is 9.27. The molecule has 0 aliphatic carbocycles. The van der Waals surface area contributed by atoms with Crippen LogP contribution in [0.5, 0.6) is 0 Å². The highest BCUT2D eigenvalue weighted by Gasteiger charge is 2.11. The molecule has 5 nitrogen and oxygen atoms in total. The van der Waals surface area contributed by atoms with Crippen LogP contribution in [0.25, 0.3) is 0 Å². The van der Waals surface area contributed by atoms with Crippen LogP contribution in [0.3, 0.4) is 0 Å². The number of hydrogen-bond acceptors (Lipinski definition) is 3. The Morgan fingerprint density at radius 1 is 1.00 bits per heavy atom. The Bertz CT molecular complexity index is 813. The zero-order valence-electron chi connectivity index (χ0n) is 16.2. The molecule has 6 heteroatoms. The molecule has 0 unspecified atom stereocenters. The first kappa shape index (κ1) is 20.9. The van der Waals surface area contributed by atoms with Crippen LogP contribution < -0.4 is 16.0 Å². The van der Waals surface area contributed by atoms with Gasteiger partial charge in [0.05, 0.1) is 13.1 Å². The predicted octanol–water partition coefficient (Wildman–Crippen LogP) is 3.67. The van der Waals surface area contributed by atoms with Gasteiger partial charge < -0.3 is 16.0 Å². The van der Waals surface area contributed by atoms with Gasteiger partial charge in [-0.25, -0.2) is 0 Å². The van der Waals surface area contributed by atoms with Crippen molar-refractivity contribution in [3.8, 4) is 0 Å². The maximum Gasteiger partial charge on any atom is 0.243 e. The lowest BCUT2D eigenvalue weighted by molar-refractivity contribution is -0.123. The van der Waals surface area contributed by atoms with Crippen molar-refractivity contribution < 1.29 is 9.59 Å². The summed E-state index contributed by atoms with van der Waals surface area (Å²) in [5.74, 6) is -0.488. The highest BCUT2D eigenvalue weighted by atomic mass is 35.5. The second-order valence-corrected chi connectivity index (χ2v) is 7.19. The molecule has 0 bridgehead atoms. The fourth-order valence-corrected chi connectivity index (χ4v) is 3.14. The minimum Gasteiger partial charge on any atom is -0.346 e. The lowest BCUT2D eigenvalue weighted by atomic mass is 10.1. The van der Waals surface area contributed by atoms with Gasteiger partial charge in [0.2, 0.25) is 11.8 Å². The third-order valence-electron chi connectivity index (χ3n) is 4.31. The Hall–Kier alpha value is -2.37. The molecule has 1 atom stereocenters. The maximum atomic E-state index is 12.1. The van der Waals surface area contributed by atoms with E-state index < -0.39 is 0 Å². The van der Waals surface area contributed by atoms with Crippen molar-refractivity contribution in [2.24, 2.45) is 0 Å². The molecule has 27 heavy (non-hydrogen) atoms. The molecule has 0 saturated carbocycles. The van der Waals surface area contributed by atoms with Crippen molar-refractivity contribution in [3.05, 3.63) is 63.7 Å². The quantitative estimate of drug-likeness (QED) is 0.678. The highest BCUT2D eigenvalue weighted by Crippen LogP contribution is 2.21. The van der Waals surface area contributed by atoms with Crippen LogP contribution >= 0.6 is 11.6 Å². The van der Waals surface area contributed by atoms with Gasteiger partial charge in [0.25, 0.3) is 0 Å². The van der Waals surface area contributed by atoms with Crippen molar-refractivity contribution in [2.75, 3.05) is 18.4 Å². The molecule has 144 valence electrons. The van der Waals surface area contributed by atoms with Crippen LogP contribution in [0.2, 0.25) is 5.02 Å².